The summed E-state index contributed by atoms with van der Waals surface area (Å²) in [6.45, 7) is 0.291. The predicted octanol–water partition coefficient (Wildman–Crippen LogP) is 4.54. The lowest BCUT2D eigenvalue weighted by Gasteiger charge is -2.21. The summed E-state index contributed by atoms with van der Waals surface area (Å²) in [5, 5.41) is 8.89. The molecule has 8 nitrogen and oxygen atoms in total. The van der Waals surface area contributed by atoms with Gasteiger partial charge in [0.2, 0.25) is 23.4 Å². The zero-order valence-electron chi connectivity index (χ0n) is 18.8. The van der Waals surface area contributed by atoms with Crippen molar-refractivity contribution in [2.45, 2.75) is 38.3 Å². The molecule has 33 heavy (non-hydrogen) atoms. The van der Waals surface area contributed by atoms with Gasteiger partial charge in [-0.1, -0.05) is 11.6 Å². The number of ether oxygens (including phenoxy) is 3. The fourth-order valence-electron chi connectivity index (χ4n) is 3.65. The number of carbonyl (C=O) groups excluding carboxylic acids is 1. The van der Waals surface area contributed by atoms with Gasteiger partial charge >= 0.3 is 0 Å². The van der Waals surface area contributed by atoms with Crippen molar-refractivity contribution in [3.8, 4) is 28.7 Å². The second-order valence-corrected chi connectivity index (χ2v) is 8.23. The highest BCUT2D eigenvalue weighted by atomic mass is 35.5. The maximum atomic E-state index is 13.1. The molecule has 1 aliphatic rings. The van der Waals surface area contributed by atoms with E-state index in [1.165, 1.54) is 0 Å². The normalized spacial score (nSPS) is 13.0. The largest absolute Gasteiger partial charge is 0.493 e. The summed E-state index contributed by atoms with van der Waals surface area (Å²) in [6.07, 6.45) is 2.84. The Bertz CT molecular complexity index is 1090. The number of hydrogen-bond donors (Lipinski definition) is 0. The number of aromatic nitrogens is 2. The summed E-state index contributed by atoms with van der Waals surface area (Å²) in [5.41, 5.74) is 1.71. The molecule has 9 heteroatoms. The van der Waals surface area contributed by atoms with Crippen molar-refractivity contribution in [1.82, 2.24) is 15.1 Å². The monoisotopic (exact) mass is 471 g/mol. The highest BCUT2D eigenvalue weighted by Gasteiger charge is 2.33. The Morgan fingerprint density at radius 2 is 1.73 bits per heavy atom. The Kier molecular flexibility index (Phi) is 7.03. The first-order chi connectivity index (χ1) is 16.0. The Balaban J connectivity index is 1.43. The summed E-state index contributed by atoms with van der Waals surface area (Å²) in [7, 11) is 4.71. The molecule has 0 N–H and O–H groups in total. The molecule has 2 aromatic carbocycles. The van der Waals surface area contributed by atoms with E-state index in [0.29, 0.717) is 53.4 Å². The molecule has 1 aromatic heterocycles. The molecule has 0 aliphatic heterocycles. The molecule has 1 amide bonds. The van der Waals surface area contributed by atoms with Crippen LogP contribution in [-0.2, 0) is 17.8 Å². The number of carbonyl (C=O) groups is 1. The minimum atomic E-state index is 0.0393. The molecule has 0 spiro atoms. The Morgan fingerprint density at radius 3 is 2.30 bits per heavy atom. The van der Waals surface area contributed by atoms with Crippen LogP contribution in [0.2, 0.25) is 5.02 Å². The van der Waals surface area contributed by atoms with Crippen molar-refractivity contribution in [1.29, 1.82) is 0 Å². The molecule has 1 heterocycles. The summed E-state index contributed by atoms with van der Waals surface area (Å²) in [4.78, 5) is 14.9. The van der Waals surface area contributed by atoms with Crippen molar-refractivity contribution in [2.24, 2.45) is 0 Å². The summed E-state index contributed by atoms with van der Waals surface area (Å²) < 4.78 is 22.0. The molecule has 4 rings (SSSR count). The van der Waals surface area contributed by atoms with Crippen molar-refractivity contribution in [3.05, 3.63) is 52.9 Å². The van der Waals surface area contributed by atoms with Gasteiger partial charge in [-0.05, 0) is 61.2 Å². The van der Waals surface area contributed by atoms with Crippen LogP contribution in [0.4, 0.5) is 0 Å². The quantitative estimate of drug-likeness (QED) is 0.429. The number of hydrogen-bond acceptors (Lipinski definition) is 7. The van der Waals surface area contributed by atoms with Gasteiger partial charge in [0.15, 0.2) is 11.5 Å². The number of halogens is 1. The summed E-state index contributed by atoms with van der Waals surface area (Å²) in [5.74, 6) is 2.52. The second-order valence-electron chi connectivity index (χ2n) is 7.79. The van der Waals surface area contributed by atoms with Gasteiger partial charge in [-0.15, -0.1) is 10.2 Å². The van der Waals surface area contributed by atoms with E-state index in [4.69, 9.17) is 30.2 Å². The van der Waals surface area contributed by atoms with Gasteiger partial charge in [0.25, 0.3) is 0 Å². The van der Waals surface area contributed by atoms with E-state index in [-0.39, 0.29) is 11.9 Å². The summed E-state index contributed by atoms with van der Waals surface area (Å²) in [6, 6.07) is 11.1. The van der Waals surface area contributed by atoms with E-state index in [0.717, 1.165) is 24.0 Å². The highest BCUT2D eigenvalue weighted by Crippen LogP contribution is 2.38. The Labute approximate surface area is 197 Å². The molecular formula is C24H26ClN3O5. The van der Waals surface area contributed by atoms with Crippen LogP contribution in [-0.4, -0.2) is 48.4 Å². The number of methoxy groups -OCH3 is 3. The van der Waals surface area contributed by atoms with Gasteiger partial charge in [-0.3, -0.25) is 4.79 Å². The number of amides is 1. The standard InChI is InChI=1S/C24H26ClN3O5/c1-30-19-12-15(13-20(31-2)23(19)32-3)4-11-22(29)28(18-9-10-18)14-21-26-27-24(33-21)16-5-7-17(25)8-6-16/h5-8,12-13,18H,4,9-11,14H2,1-3H3. The Hall–Kier alpha value is -3.26. The van der Waals surface area contributed by atoms with Gasteiger partial charge in [0, 0.05) is 23.0 Å². The SMILES string of the molecule is COc1cc(CCC(=O)N(Cc2nnc(-c3ccc(Cl)cc3)o2)C2CC2)cc(OC)c1OC. The predicted molar refractivity (Wildman–Crippen MR) is 123 cm³/mol. The second kappa shape index (κ2) is 10.1. The Morgan fingerprint density at radius 1 is 1.06 bits per heavy atom. The van der Waals surface area contributed by atoms with Crippen LogP contribution in [0.25, 0.3) is 11.5 Å². The van der Waals surface area contributed by atoms with Crippen LogP contribution in [0.1, 0.15) is 30.7 Å². The third-order valence-corrected chi connectivity index (χ3v) is 5.78. The van der Waals surface area contributed by atoms with Crippen LogP contribution in [0.15, 0.2) is 40.8 Å². The third kappa shape index (κ3) is 5.39. The molecule has 1 saturated carbocycles. The van der Waals surface area contributed by atoms with Crippen molar-refractivity contribution in [2.75, 3.05) is 21.3 Å². The molecule has 0 unspecified atom stereocenters. The first-order valence-corrected chi connectivity index (χ1v) is 11.1. The van der Waals surface area contributed by atoms with Crippen LogP contribution < -0.4 is 14.2 Å². The lowest BCUT2D eigenvalue weighted by Crippen LogP contribution is -2.32. The minimum Gasteiger partial charge on any atom is -0.493 e. The number of rotatable bonds is 10. The molecular weight excluding hydrogens is 446 g/mol. The van der Waals surface area contributed by atoms with Crippen LogP contribution in [0, 0.1) is 0 Å². The van der Waals surface area contributed by atoms with Crippen molar-refractivity contribution in [3.63, 3.8) is 0 Å². The maximum absolute atomic E-state index is 13.1. The lowest BCUT2D eigenvalue weighted by molar-refractivity contribution is -0.132. The highest BCUT2D eigenvalue weighted by molar-refractivity contribution is 6.30. The molecule has 1 aliphatic carbocycles. The van der Waals surface area contributed by atoms with Crippen LogP contribution >= 0.6 is 11.6 Å². The maximum Gasteiger partial charge on any atom is 0.247 e. The fraction of sp³-hybridized carbons (Fsp3) is 0.375. The fourth-order valence-corrected chi connectivity index (χ4v) is 3.78. The zero-order valence-corrected chi connectivity index (χ0v) is 19.6. The minimum absolute atomic E-state index is 0.0393. The van der Waals surface area contributed by atoms with Gasteiger partial charge < -0.3 is 23.5 Å². The van der Waals surface area contributed by atoms with Gasteiger partial charge in [0.05, 0.1) is 27.9 Å². The molecule has 0 radical (unpaired) electrons. The van der Waals surface area contributed by atoms with Gasteiger partial charge in [0.1, 0.15) is 0 Å². The van der Waals surface area contributed by atoms with Gasteiger partial charge in [-0.25, -0.2) is 0 Å². The van der Waals surface area contributed by atoms with E-state index in [1.54, 1.807) is 33.5 Å². The molecule has 174 valence electrons. The topological polar surface area (TPSA) is 86.9 Å². The third-order valence-electron chi connectivity index (χ3n) is 5.52. The molecule has 1 fully saturated rings. The average Bonchev–Trinajstić information content (AvgIpc) is 3.57. The average molecular weight is 472 g/mol. The first-order valence-electron chi connectivity index (χ1n) is 10.7. The van der Waals surface area contributed by atoms with E-state index in [2.05, 4.69) is 10.2 Å². The van der Waals surface area contributed by atoms with Crippen molar-refractivity contribution < 1.29 is 23.4 Å². The van der Waals surface area contributed by atoms with Crippen molar-refractivity contribution >= 4 is 17.5 Å². The van der Waals surface area contributed by atoms with Crippen LogP contribution in [0.5, 0.6) is 17.2 Å². The van der Waals surface area contributed by atoms with Gasteiger partial charge in [-0.2, -0.15) is 0 Å². The lowest BCUT2D eigenvalue weighted by atomic mass is 10.1. The van der Waals surface area contributed by atoms with E-state index in [1.807, 2.05) is 29.2 Å². The molecule has 0 bridgehead atoms. The van der Waals surface area contributed by atoms with E-state index >= 15 is 0 Å². The molecule has 0 saturated heterocycles. The smallest absolute Gasteiger partial charge is 0.247 e. The van der Waals surface area contributed by atoms with E-state index < -0.39 is 0 Å². The first kappa shape index (κ1) is 22.9. The van der Waals surface area contributed by atoms with E-state index in [9.17, 15) is 4.79 Å². The molecule has 3 aromatic rings. The van der Waals surface area contributed by atoms with Crippen LogP contribution in [0.3, 0.4) is 0 Å². The number of aryl methyl sites for hydroxylation is 1. The number of benzene rings is 2. The number of nitrogens with zero attached hydrogens (tertiary/aromatic N) is 3. The molecule has 0 atom stereocenters. The summed E-state index contributed by atoms with van der Waals surface area (Å²) >= 11 is 5.94. The zero-order chi connectivity index (χ0) is 23.4.